The van der Waals surface area contributed by atoms with Crippen molar-refractivity contribution in [1.29, 1.82) is 0 Å². The zero-order valence-corrected chi connectivity index (χ0v) is 27.8. The highest BCUT2D eigenvalue weighted by Gasteiger charge is 2.28. The number of carbonyl (C=O) groups is 2. The van der Waals surface area contributed by atoms with E-state index in [0.29, 0.717) is 55.0 Å². The molecule has 2 amide bonds. The van der Waals surface area contributed by atoms with Crippen LogP contribution in [-0.2, 0) is 17.9 Å². The van der Waals surface area contributed by atoms with Crippen molar-refractivity contribution in [2.45, 2.75) is 32.9 Å². The molecule has 1 N–H and O–H groups in total. The summed E-state index contributed by atoms with van der Waals surface area (Å²) in [6, 6.07) is 11.2. The van der Waals surface area contributed by atoms with E-state index in [4.69, 9.17) is 4.74 Å². The van der Waals surface area contributed by atoms with E-state index in [2.05, 4.69) is 30.6 Å². The maximum absolute atomic E-state index is 16.6. The summed E-state index contributed by atoms with van der Waals surface area (Å²) >= 11 is 1.66. The number of halogens is 1. The first-order valence-electron chi connectivity index (χ1n) is 16.1. The summed E-state index contributed by atoms with van der Waals surface area (Å²) in [5.41, 5.74) is 4.26. The van der Waals surface area contributed by atoms with Crippen LogP contribution in [0.25, 0.3) is 27.6 Å². The molecular weight excluding hydrogens is 632 g/mol. The molecule has 5 aromatic rings. The third-order valence-electron chi connectivity index (χ3n) is 9.04. The van der Waals surface area contributed by atoms with E-state index in [9.17, 15) is 9.59 Å². The first kappa shape index (κ1) is 31.7. The number of para-hydroxylation sites is 1. The van der Waals surface area contributed by atoms with E-state index in [1.807, 2.05) is 48.2 Å². The third kappa shape index (κ3) is 6.47. The summed E-state index contributed by atoms with van der Waals surface area (Å²) in [5.74, 6) is -0.00462. The molecule has 0 atom stereocenters. The fourth-order valence-corrected chi connectivity index (χ4v) is 7.33. The van der Waals surface area contributed by atoms with E-state index in [0.717, 1.165) is 47.0 Å². The van der Waals surface area contributed by atoms with E-state index in [1.165, 1.54) is 0 Å². The SMILES string of the molecule is COc1ccccc1-c1cc(C2=CCCN(C(=O)CCn3ccnn3)C2)c(F)c2[nH]c(C(=O)N3CCN(Cc4nc(C)cs4)CC3)cc12. The van der Waals surface area contributed by atoms with Crippen molar-refractivity contribution in [3.8, 4) is 16.9 Å². The number of nitrogens with one attached hydrogen (secondary N) is 1. The number of thiazole rings is 1. The van der Waals surface area contributed by atoms with Gasteiger partial charge in [0.1, 0.15) is 16.5 Å². The molecule has 0 bridgehead atoms. The normalized spacial score (nSPS) is 15.6. The van der Waals surface area contributed by atoms with Crippen LogP contribution in [0.4, 0.5) is 4.39 Å². The number of carbonyl (C=O) groups excluding carboxylic acids is 2. The average Bonchev–Trinajstić information content (AvgIpc) is 3.90. The van der Waals surface area contributed by atoms with Crippen LogP contribution in [0.2, 0.25) is 0 Å². The Bertz CT molecular complexity index is 1980. The minimum Gasteiger partial charge on any atom is -0.496 e. The Morgan fingerprint density at radius 2 is 1.88 bits per heavy atom. The van der Waals surface area contributed by atoms with Crippen molar-refractivity contribution in [2.75, 3.05) is 46.4 Å². The highest BCUT2D eigenvalue weighted by molar-refractivity contribution is 7.09. The molecule has 2 aliphatic heterocycles. The summed E-state index contributed by atoms with van der Waals surface area (Å²) in [5, 5.41) is 11.5. The molecule has 0 unspecified atom stereocenters. The number of hydrogen-bond donors (Lipinski definition) is 1. The quantitative estimate of drug-likeness (QED) is 0.235. The molecule has 1 saturated heterocycles. The zero-order valence-electron chi connectivity index (χ0n) is 27.0. The van der Waals surface area contributed by atoms with Crippen LogP contribution in [0, 0.1) is 12.7 Å². The summed E-state index contributed by atoms with van der Waals surface area (Å²) in [7, 11) is 1.61. The lowest BCUT2D eigenvalue weighted by Crippen LogP contribution is -2.48. The number of rotatable bonds is 9. The number of amides is 2. The highest BCUT2D eigenvalue weighted by Crippen LogP contribution is 2.40. The van der Waals surface area contributed by atoms with Crippen molar-refractivity contribution < 1.29 is 18.7 Å². The van der Waals surface area contributed by atoms with Crippen LogP contribution in [0.15, 0.2) is 60.2 Å². The standard InChI is InChI=1S/C35H37FN8O3S/c1-23-22-48-31(38-23)21-41-14-16-42(17-15-41)35(46)29-19-28-27(25-7-3-4-8-30(25)47-2)18-26(33(36)34(28)39-29)24-6-5-11-43(20-24)32(45)9-12-44-13-10-37-40-44/h3-4,6-8,10,13,18-19,22,39H,5,9,11-12,14-17,20-21H2,1-2H3. The van der Waals surface area contributed by atoms with Gasteiger partial charge in [-0.3, -0.25) is 19.2 Å². The largest absolute Gasteiger partial charge is 0.496 e. The van der Waals surface area contributed by atoms with Gasteiger partial charge in [-0.1, -0.05) is 29.5 Å². The van der Waals surface area contributed by atoms with Gasteiger partial charge in [-0.2, -0.15) is 0 Å². The highest BCUT2D eigenvalue weighted by atomic mass is 32.1. The lowest BCUT2D eigenvalue weighted by atomic mass is 9.93. The maximum atomic E-state index is 16.6. The summed E-state index contributed by atoms with van der Waals surface area (Å²) in [6.07, 6.45) is 6.17. The van der Waals surface area contributed by atoms with Crippen LogP contribution in [-0.4, -0.2) is 97.9 Å². The Balaban J connectivity index is 1.17. The van der Waals surface area contributed by atoms with Crippen molar-refractivity contribution in [3.05, 3.63) is 88.0 Å². The molecule has 0 saturated carbocycles. The Morgan fingerprint density at radius 3 is 2.62 bits per heavy atom. The van der Waals surface area contributed by atoms with E-state index >= 15 is 4.39 Å². The second kappa shape index (κ2) is 13.7. The van der Waals surface area contributed by atoms with Crippen molar-refractivity contribution >= 4 is 39.6 Å². The zero-order chi connectivity index (χ0) is 33.2. The number of aromatic nitrogens is 5. The molecule has 3 aromatic heterocycles. The van der Waals surface area contributed by atoms with Crippen LogP contribution in [0.5, 0.6) is 5.75 Å². The molecule has 1 fully saturated rings. The maximum Gasteiger partial charge on any atom is 0.270 e. The molecule has 48 heavy (non-hydrogen) atoms. The van der Waals surface area contributed by atoms with E-state index in [-0.39, 0.29) is 30.3 Å². The number of benzene rings is 2. The van der Waals surface area contributed by atoms with Crippen LogP contribution in [0.1, 0.15) is 39.6 Å². The third-order valence-corrected chi connectivity index (χ3v) is 9.99. The smallest absolute Gasteiger partial charge is 0.270 e. The van der Waals surface area contributed by atoms with Gasteiger partial charge in [0, 0.05) is 79.5 Å². The first-order chi connectivity index (χ1) is 23.4. The number of fused-ring (bicyclic) bond motifs is 1. The Morgan fingerprint density at radius 1 is 1.04 bits per heavy atom. The van der Waals surface area contributed by atoms with Crippen molar-refractivity contribution in [1.82, 2.24) is 39.7 Å². The fourth-order valence-electron chi connectivity index (χ4n) is 6.52. The molecule has 0 aliphatic carbocycles. The number of ether oxygens (including phenoxy) is 1. The summed E-state index contributed by atoms with van der Waals surface area (Å²) < 4.78 is 23.9. The molecule has 2 aliphatic rings. The van der Waals surface area contributed by atoms with Gasteiger partial charge < -0.3 is 19.5 Å². The second-order valence-electron chi connectivity index (χ2n) is 12.2. The Hall–Kier alpha value is -4.88. The van der Waals surface area contributed by atoms with Crippen molar-refractivity contribution in [3.63, 3.8) is 0 Å². The number of aromatic amines is 1. The van der Waals surface area contributed by atoms with Crippen LogP contribution < -0.4 is 4.74 Å². The summed E-state index contributed by atoms with van der Waals surface area (Å²) in [4.78, 5) is 40.6. The average molecular weight is 669 g/mol. The molecule has 0 radical (unpaired) electrons. The molecule has 248 valence electrons. The topological polar surface area (TPSA) is 112 Å². The molecule has 5 heterocycles. The molecule has 7 rings (SSSR count). The first-order valence-corrected chi connectivity index (χ1v) is 17.0. The predicted octanol–water partition coefficient (Wildman–Crippen LogP) is 5.00. The van der Waals surface area contributed by atoms with Gasteiger partial charge in [-0.15, -0.1) is 16.4 Å². The van der Waals surface area contributed by atoms with Gasteiger partial charge >= 0.3 is 0 Å². The van der Waals surface area contributed by atoms with Crippen molar-refractivity contribution in [2.24, 2.45) is 0 Å². The van der Waals surface area contributed by atoms with Crippen LogP contribution in [0.3, 0.4) is 0 Å². The van der Waals surface area contributed by atoms with Gasteiger partial charge in [-0.25, -0.2) is 9.37 Å². The molecule has 2 aromatic carbocycles. The van der Waals surface area contributed by atoms with Gasteiger partial charge in [0.2, 0.25) is 5.91 Å². The number of hydrogen-bond acceptors (Lipinski definition) is 8. The summed E-state index contributed by atoms with van der Waals surface area (Å²) in [6.45, 7) is 6.63. The lowest BCUT2D eigenvalue weighted by Gasteiger charge is -2.34. The number of nitrogens with zero attached hydrogens (tertiary/aromatic N) is 7. The minimum atomic E-state index is -0.450. The Kier molecular flexibility index (Phi) is 9.04. The van der Waals surface area contributed by atoms with Gasteiger partial charge in [0.25, 0.3) is 5.91 Å². The molecular formula is C35H37FN8O3S. The number of aryl methyl sites for hydroxylation is 2. The fraction of sp³-hybridized carbons (Fsp3) is 0.343. The van der Waals surface area contributed by atoms with E-state index in [1.54, 1.807) is 46.5 Å². The Labute approximate surface area is 281 Å². The predicted molar refractivity (Wildman–Crippen MR) is 182 cm³/mol. The second-order valence-corrected chi connectivity index (χ2v) is 13.1. The number of methoxy groups -OCH3 is 1. The molecule has 11 nitrogen and oxygen atoms in total. The number of piperazine rings is 1. The lowest BCUT2D eigenvalue weighted by molar-refractivity contribution is -0.131. The van der Waals surface area contributed by atoms with Crippen LogP contribution >= 0.6 is 11.3 Å². The van der Waals surface area contributed by atoms with E-state index < -0.39 is 5.82 Å². The monoisotopic (exact) mass is 668 g/mol. The van der Waals surface area contributed by atoms with Gasteiger partial charge in [-0.05, 0) is 42.7 Å². The minimum absolute atomic E-state index is 0.0304. The van der Waals surface area contributed by atoms with Gasteiger partial charge in [0.15, 0.2) is 5.82 Å². The van der Waals surface area contributed by atoms with Gasteiger partial charge in [0.05, 0.1) is 31.9 Å². The molecule has 13 heteroatoms. The number of H-pyrrole nitrogens is 1. The molecule has 0 spiro atoms.